The maximum Gasteiger partial charge on any atom is 0.311 e. The monoisotopic (exact) mass is 318 g/mol. The number of hydrogen-bond acceptors (Lipinski definition) is 5. The van der Waals surface area contributed by atoms with Crippen LogP contribution in [0.5, 0.6) is 0 Å². The van der Waals surface area contributed by atoms with E-state index in [2.05, 4.69) is 10.3 Å². The van der Waals surface area contributed by atoms with Crippen LogP contribution < -0.4 is 5.32 Å². The fourth-order valence-electron chi connectivity index (χ4n) is 1.97. The molecular weight excluding hydrogens is 300 g/mol. The van der Waals surface area contributed by atoms with E-state index < -0.39 is 0 Å². The van der Waals surface area contributed by atoms with Gasteiger partial charge in [-0.05, 0) is 38.0 Å². The van der Waals surface area contributed by atoms with Crippen LogP contribution in [0.15, 0.2) is 23.6 Å². The van der Waals surface area contributed by atoms with Gasteiger partial charge in [-0.15, -0.1) is 11.3 Å². The number of thiazole rings is 1. The molecular formula is C16H18N2O3S. The van der Waals surface area contributed by atoms with Gasteiger partial charge in [-0.2, -0.15) is 0 Å². The van der Waals surface area contributed by atoms with Gasteiger partial charge in [-0.25, -0.2) is 4.98 Å². The number of benzene rings is 1. The molecule has 0 aliphatic heterocycles. The summed E-state index contributed by atoms with van der Waals surface area (Å²) in [6.07, 6.45) is 0.115. The topological polar surface area (TPSA) is 68.3 Å². The predicted octanol–water partition coefficient (Wildman–Crippen LogP) is 3.12. The van der Waals surface area contributed by atoms with Gasteiger partial charge in [-0.1, -0.05) is 12.1 Å². The lowest BCUT2D eigenvalue weighted by molar-refractivity contribution is -0.142. The van der Waals surface area contributed by atoms with E-state index in [0.717, 1.165) is 11.1 Å². The molecule has 6 heteroatoms. The molecule has 0 bridgehead atoms. The summed E-state index contributed by atoms with van der Waals surface area (Å²) >= 11 is 1.29. The number of ether oxygens (including phenoxy) is 1. The molecule has 0 aliphatic carbocycles. The standard InChI is InChI=1S/C16H18N2O3S/c1-4-21-14(19)8-12-9-22-16(17-12)18-15(20)13-7-5-6-10(2)11(13)3/h5-7,9H,4,8H2,1-3H3,(H,17,18,20). The van der Waals surface area contributed by atoms with Gasteiger partial charge in [0.1, 0.15) is 0 Å². The Morgan fingerprint density at radius 3 is 2.82 bits per heavy atom. The zero-order valence-corrected chi connectivity index (χ0v) is 13.6. The van der Waals surface area contributed by atoms with E-state index in [1.54, 1.807) is 18.4 Å². The van der Waals surface area contributed by atoms with Crippen LogP contribution in [0, 0.1) is 13.8 Å². The van der Waals surface area contributed by atoms with Gasteiger partial charge in [0.25, 0.3) is 5.91 Å². The molecule has 1 aromatic heterocycles. The molecule has 1 aromatic carbocycles. The van der Waals surface area contributed by atoms with E-state index in [4.69, 9.17) is 4.74 Å². The number of aryl methyl sites for hydroxylation is 1. The average molecular weight is 318 g/mol. The van der Waals surface area contributed by atoms with Crippen molar-refractivity contribution >= 4 is 28.3 Å². The molecule has 0 fully saturated rings. The molecule has 2 rings (SSSR count). The van der Waals surface area contributed by atoms with Gasteiger partial charge in [0.05, 0.1) is 18.7 Å². The molecule has 0 aliphatic rings. The van der Waals surface area contributed by atoms with Crippen LogP contribution in [0.1, 0.15) is 34.1 Å². The number of hydrogen-bond donors (Lipinski definition) is 1. The van der Waals surface area contributed by atoms with E-state index in [9.17, 15) is 9.59 Å². The number of carbonyl (C=O) groups is 2. The number of carbonyl (C=O) groups excluding carboxylic acids is 2. The molecule has 0 spiro atoms. The van der Waals surface area contributed by atoms with Crippen molar-refractivity contribution in [2.24, 2.45) is 0 Å². The van der Waals surface area contributed by atoms with Crippen molar-refractivity contribution < 1.29 is 14.3 Å². The summed E-state index contributed by atoms with van der Waals surface area (Å²) in [5.74, 6) is -0.515. The maximum atomic E-state index is 12.3. The van der Waals surface area contributed by atoms with Crippen molar-refractivity contribution in [2.45, 2.75) is 27.2 Å². The van der Waals surface area contributed by atoms with Gasteiger partial charge in [0.2, 0.25) is 0 Å². The van der Waals surface area contributed by atoms with Gasteiger partial charge in [0.15, 0.2) is 5.13 Å². The van der Waals surface area contributed by atoms with E-state index in [1.807, 2.05) is 26.0 Å². The van der Waals surface area contributed by atoms with Crippen LogP contribution in [0.25, 0.3) is 0 Å². The first-order valence-corrected chi connectivity index (χ1v) is 7.86. The Balaban J connectivity index is 2.05. The number of nitrogens with one attached hydrogen (secondary N) is 1. The summed E-state index contributed by atoms with van der Waals surface area (Å²) in [5, 5.41) is 4.99. The van der Waals surface area contributed by atoms with Gasteiger partial charge in [0, 0.05) is 10.9 Å². The van der Waals surface area contributed by atoms with E-state index in [0.29, 0.717) is 23.0 Å². The molecule has 116 valence electrons. The second-order valence-electron chi connectivity index (χ2n) is 4.83. The minimum Gasteiger partial charge on any atom is -0.466 e. The molecule has 5 nitrogen and oxygen atoms in total. The third kappa shape index (κ3) is 3.92. The molecule has 22 heavy (non-hydrogen) atoms. The fourth-order valence-corrected chi connectivity index (χ4v) is 2.67. The lowest BCUT2D eigenvalue weighted by atomic mass is 10.0. The van der Waals surface area contributed by atoms with Crippen molar-refractivity contribution in [2.75, 3.05) is 11.9 Å². The third-order valence-electron chi connectivity index (χ3n) is 3.25. The Kier molecular flexibility index (Phi) is 5.27. The normalized spacial score (nSPS) is 10.3. The molecule has 0 radical (unpaired) electrons. The number of rotatable bonds is 5. The number of anilines is 1. The summed E-state index contributed by atoms with van der Waals surface area (Å²) in [5.41, 5.74) is 3.24. The lowest BCUT2D eigenvalue weighted by Crippen LogP contribution is -2.14. The Hall–Kier alpha value is -2.21. The highest BCUT2D eigenvalue weighted by Gasteiger charge is 2.13. The van der Waals surface area contributed by atoms with Gasteiger partial charge < -0.3 is 4.74 Å². The highest BCUT2D eigenvalue weighted by molar-refractivity contribution is 7.14. The van der Waals surface area contributed by atoms with Crippen molar-refractivity contribution in [3.05, 3.63) is 46.0 Å². The first-order valence-electron chi connectivity index (χ1n) is 6.98. The largest absolute Gasteiger partial charge is 0.466 e. The predicted molar refractivity (Wildman–Crippen MR) is 86.3 cm³/mol. The van der Waals surface area contributed by atoms with Crippen molar-refractivity contribution in [1.29, 1.82) is 0 Å². The van der Waals surface area contributed by atoms with Crippen LogP contribution >= 0.6 is 11.3 Å². The summed E-state index contributed by atoms with van der Waals surface area (Å²) in [4.78, 5) is 27.9. The van der Waals surface area contributed by atoms with Gasteiger partial charge in [-0.3, -0.25) is 14.9 Å². The second kappa shape index (κ2) is 7.17. The summed E-state index contributed by atoms with van der Waals surface area (Å²) in [7, 11) is 0. The highest BCUT2D eigenvalue weighted by atomic mass is 32.1. The Morgan fingerprint density at radius 2 is 2.09 bits per heavy atom. The first kappa shape index (κ1) is 16.2. The van der Waals surface area contributed by atoms with E-state index >= 15 is 0 Å². The van der Waals surface area contributed by atoms with Crippen LogP contribution in [0.4, 0.5) is 5.13 Å². The van der Waals surface area contributed by atoms with Crippen molar-refractivity contribution in [3.63, 3.8) is 0 Å². The molecule has 1 amide bonds. The van der Waals surface area contributed by atoms with Crippen LogP contribution in [0.3, 0.4) is 0 Å². The van der Waals surface area contributed by atoms with Gasteiger partial charge >= 0.3 is 5.97 Å². The fraction of sp³-hybridized carbons (Fsp3) is 0.312. The first-order chi connectivity index (χ1) is 10.5. The summed E-state index contributed by atoms with van der Waals surface area (Å²) < 4.78 is 4.87. The smallest absolute Gasteiger partial charge is 0.311 e. The van der Waals surface area contributed by atoms with E-state index in [1.165, 1.54) is 11.3 Å². The molecule has 0 saturated heterocycles. The molecule has 0 atom stereocenters. The molecule has 1 N–H and O–H groups in total. The van der Waals surface area contributed by atoms with Crippen LogP contribution in [0.2, 0.25) is 0 Å². The Labute approximate surface area is 133 Å². The lowest BCUT2D eigenvalue weighted by Gasteiger charge is -2.07. The minimum absolute atomic E-state index is 0.115. The zero-order chi connectivity index (χ0) is 16.1. The van der Waals surface area contributed by atoms with E-state index in [-0.39, 0.29) is 18.3 Å². The number of aromatic nitrogens is 1. The summed E-state index contributed by atoms with van der Waals surface area (Å²) in [6.45, 7) is 5.99. The molecule has 0 saturated carbocycles. The zero-order valence-electron chi connectivity index (χ0n) is 12.8. The molecule has 2 aromatic rings. The number of nitrogens with zero attached hydrogens (tertiary/aromatic N) is 1. The molecule has 1 heterocycles. The maximum absolute atomic E-state index is 12.3. The molecule has 0 unspecified atom stereocenters. The van der Waals surface area contributed by atoms with Crippen molar-refractivity contribution in [3.8, 4) is 0 Å². The number of esters is 1. The highest BCUT2D eigenvalue weighted by Crippen LogP contribution is 2.19. The average Bonchev–Trinajstić information content (AvgIpc) is 2.89. The minimum atomic E-state index is -0.319. The number of amides is 1. The Morgan fingerprint density at radius 1 is 1.32 bits per heavy atom. The van der Waals surface area contributed by atoms with Crippen molar-refractivity contribution in [1.82, 2.24) is 4.98 Å². The van der Waals surface area contributed by atoms with Crippen LogP contribution in [-0.4, -0.2) is 23.5 Å². The van der Waals surface area contributed by atoms with Crippen LogP contribution in [-0.2, 0) is 16.0 Å². The second-order valence-corrected chi connectivity index (χ2v) is 5.69. The summed E-state index contributed by atoms with van der Waals surface area (Å²) in [6, 6.07) is 5.60. The third-order valence-corrected chi connectivity index (χ3v) is 4.06. The Bertz CT molecular complexity index is 694. The quantitative estimate of drug-likeness (QED) is 0.860. The SMILES string of the molecule is CCOC(=O)Cc1csc(NC(=O)c2cccc(C)c2C)n1.